The lowest BCUT2D eigenvalue weighted by atomic mass is 9.94. The van der Waals surface area contributed by atoms with Gasteiger partial charge in [0.25, 0.3) is 23.0 Å². The van der Waals surface area contributed by atoms with Crippen LogP contribution >= 0.6 is 17.1 Å². The number of rotatable bonds is 37. The first kappa shape index (κ1) is 61.6. The van der Waals surface area contributed by atoms with Crippen LogP contribution in [0.1, 0.15) is 183 Å². The molecule has 3 N–H and O–H groups in total. The molecular formula is C49H91N7O6P2. The van der Waals surface area contributed by atoms with Crippen molar-refractivity contribution in [2.24, 2.45) is 5.92 Å². The van der Waals surface area contributed by atoms with Crippen molar-refractivity contribution < 1.29 is 27.7 Å². The number of anilines is 1. The zero-order valence-corrected chi connectivity index (χ0v) is 44.0. The molecule has 2 amide bonds. The fraction of sp³-hybridized carbons (Fsp3) is 0.796. The van der Waals surface area contributed by atoms with Crippen molar-refractivity contribution in [3.05, 3.63) is 41.2 Å². The van der Waals surface area contributed by atoms with Gasteiger partial charge in [0.05, 0.1) is 32.3 Å². The predicted molar refractivity (Wildman–Crippen MR) is 269 cm³/mol. The average Bonchev–Trinajstić information content (AvgIpc) is 3.25. The number of hydrogen-bond acceptors (Lipinski definition) is 10. The Hall–Kier alpha value is -2.44. The zero-order valence-electron chi connectivity index (χ0n) is 42.3. The number of hydrogen-bond donors (Lipinski definition) is 3. The van der Waals surface area contributed by atoms with Crippen molar-refractivity contribution in [1.82, 2.24) is 20.0 Å². The van der Waals surface area contributed by atoms with E-state index in [9.17, 15) is 9.59 Å². The van der Waals surface area contributed by atoms with Gasteiger partial charge in [-0.3, -0.25) is 9.59 Å². The number of unbranched alkanes of at least 4 members (excludes halogenated alkanes) is 6. The Balaban J connectivity index is 0.00000141. The number of nitriles is 1. The highest BCUT2D eigenvalue weighted by atomic mass is 31.2. The van der Waals surface area contributed by atoms with E-state index in [1.54, 1.807) is 12.1 Å². The van der Waals surface area contributed by atoms with E-state index in [0.717, 1.165) is 69.6 Å². The van der Waals surface area contributed by atoms with Gasteiger partial charge in [0.1, 0.15) is 12.6 Å². The molecule has 0 aliphatic heterocycles. The lowest BCUT2D eigenvalue weighted by Gasteiger charge is -2.35. The van der Waals surface area contributed by atoms with Gasteiger partial charge in [-0.05, 0) is 111 Å². The summed E-state index contributed by atoms with van der Waals surface area (Å²) in [6.07, 6.45) is 15.2. The molecule has 1 rings (SSSR count). The largest absolute Gasteiger partial charge is 0.388 e. The first-order valence-electron chi connectivity index (χ1n) is 24.5. The summed E-state index contributed by atoms with van der Waals surface area (Å²) < 4.78 is 28.7. The molecule has 0 fully saturated rings. The van der Waals surface area contributed by atoms with E-state index in [-0.39, 0.29) is 23.9 Å². The second kappa shape index (κ2) is 39.7. The molecule has 13 nitrogen and oxygen atoms in total. The number of amides is 2. The van der Waals surface area contributed by atoms with E-state index >= 15 is 0 Å². The highest BCUT2D eigenvalue weighted by molar-refractivity contribution is 7.44. The molecule has 4 atom stereocenters. The van der Waals surface area contributed by atoms with Crippen molar-refractivity contribution in [2.45, 2.75) is 203 Å². The molecule has 64 heavy (non-hydrogen) atoms. The van der Waals surface area contributed by atoms with Crippen LogP contribution in [0.3, 0.4) is 0 Å². The smallest absolute Gasteiger partial charge is 0.259 e. The van der Waals surface area contributed by atoms with Gasteiger partial charge in [0.2, 0.25) is 12.5 Å². The summed E-state index contributed by atoms with van der Waals surface area (Å²) in [5.41, 5.74) is 1.47. The summed E-state index contributed by atoms with van der Waals surface area (Å²) in [7, 11) is -0.452. The van der Waals surface area contributed by atoms with Gasteiger partial charge in [-0.25, -0.2) is 15.9 Å². The Morgan fingerprint density at radius 3 is 1.78 bits per heavy atom. The first-order valence-corrected chi connectivity index (χ1v) is 26.7. The fourth-order valence-corrected chi connectivity index (χ4v) is 10.4. The minimum atomic E-state index is -1.20. The van der Waals surface area contributed by atoms with Crippen molar-refractivity contribution in [2.75, 3.05) is 51.9 Å². The maximum absolute atomic E-state index is 12.9. The zero-order chi connectivity index (χ0) is 48.1. The number of nitrogens with one attached hydrogen (secondary N) is 3. The van der Waals surface area contributed by atoms with Gasteiger partial charge in [-0.1, -0.05) is 85.0 Å². The molecule has 1 aromatic carbocycles. The molecule has 0 aliphatic rings. The molecule has 1 aromatic rings. The molecule has 0 bridgehead atoms. The van der Waals surface area contributed by atoms with Crippen LogP contribution in [0.25, 0.3) is 4.85 Å². The lowest BCUT2D eigenvalue weighted by molar-refractivity contribution is -0.123. The quantitative estimate of drug-likeness (QED) is 0.0335. The second-order valence-electron chi connectivity index (χ2n) is 17.4. The number of carbonyl (C=O) groups excluding carboxylic acids is 2. The molecule has 0 radical (unpaired) electrons. The molecule has 368 valence electrons. The van der Waals surface area contributed by atoms with E-state index in [2.05, 4.69) is 112 Å². The van der Waals surface area contributed by atoms with Gasteiger partial charge >= 0.3 is 0 Å². The van der Waals surface area contributed by atoms with Crippen LogP contribution in [0, 0.1) is 23.8 Å². The lowest BCUT2D eigenvalue weighted by Crippen LogP contribution is -2.47. The summed E-state index contributed by atoms with van der Waals surface area (Å²) in [6, 6.07) is 10.1. The molecule has 4 unspecified atom stereocenters. The van der Waals surface area contributed by atoms with Crippen LogP contribution < -0.4 is 16.0 Å². The fourth-order valence-electron chi connectivity index (χ4n) is 7.21. The van der Waals surface area contributed by atoms with Crippen LogP contribution in [0.5, 0.6) is 0 Å². The van der Waals surface area contributed by atoms with Crippen molar-refractivity contribution >= 4 is 34.6 Å². The van der Waals surface area contributed by atoms with Gasteiger partial charge in [0, 0.05) is 49.0 Å². The minimum Gasteiger partial charge on any atom is -0.388 e. The third-order valence-electron chi connectivity index (χ3n) is 10.4. The normalized spacial score (nSPS) is 13.4. The van der Waals surface area contributed by atoms with E-state index in [1.807, 2.05) is 19.2 Å². The predicted octanol–water partition coefficient (Wildman–Crippen LogP) is 12.7. The van der Waals surface area contributed by atoms with Crippen molar-refractivity contribution in [1.29, 1.82) is 5.26 Å². The molecule has 0 saturated carbocycles. The summed E-state index contributed by atoms with van der Waals surface area (Å²) in [4.78, 5) is 29.0. The van der Waals surface area contributed by atoms with Crippen LogP contribution in [-0.4, -0.2) is 97.9 Å². The Labute approximate surface area is 394 Å². The van der Waals surface area contributed by atoms with Crippen LogP contribution in [0.2, 0.25) is 0 Å². The molecular weight excluding hydrogens is 845 g/mol. The third-order valence-corrected chi connectivity index (χ3v) is 14.6. The van der Waals surface area contributed by atoms with Gasteiger partial charge in [-0.2, -0.15) is 5.26 Å². The van der Waals surface area contributed by atoms with Crippen molar-refractivity contribution in [3.63, 3.8) is 0 Å². The number of carbonyl (C=O) groups is 2. The maximum Gasteiger partial charge on any atom is 0.259 e. The topological polar surface area (TPSA) is 142 Å². The molecule has 0 aromatic heterocycles. The van der Waals surface area contributed by atoms with E-state index in [1.165, 1.54) is 32.1 Å². The maximum atomic E-state index is 12.9. The number of benzene rings is 1. The molecule has 0 aliphatic carbocycles. The van der Waals surface area contributed by atoms with E-state index in [4.69, 9.17) is 29.9 Å². The Bertz CT molecular complexity index is 1380. The first-order chi connectivity index (χ1) is 30.7. The summed E-state index contributed by atoms with van der Waals surface area (Å²) >= 11 is 0. The number of nitrogens with zero attached hydrogens (tertiary/aromatic N) is 4. The SMILES string of the molecule is CCCCCC(NC(=O)c1ccc(NC)cc1)C(=O)NCCCCCCOP(OCCC#N)N(C(C)C)C(C)C.[C-]#[N+]CCOP(OCCC(CCC)CCCC)N(C(C)C)C(C)C. The van der Waals surface area contributed by atoms with E-state index in [0.29, 0.717) is 63.4 Å². The Morgan fingerprint density at radius 1 is 0.688 bits per heavy atom. The Morgan fingerprint density at radius 2 is 1.25 bits per heavy atom. The monoisotopic (exact) mass is 936 g/mol. The van der Waals surface area contributed by atoms with E-state index < -0.39 is 23.1 Å². The second-order valence-corrected chi connectivity index (χ2v) is 20.3. The molecule has 0 saturated heterocycles. The summed E-state index contributed by atoms with van der Waals surface area (Å²) in [5, 5.41) is 17.8. The molecule has 0 spiro atoms. The molecule has 0 heterocycles. The third kappa shape index (κ3) is 28.6. The van der Waals surface area contributed by atoms with Gasteiger partial charge in [0.15, 0.2) is 0 Å². The highest BCUT2D eigenvalue weighted by Gasteiger charge is 2.29. The van der Waals surface area contributed by atoms with Crippen LogP contribution in [-0.2, 0) is 22.9 Å². The average molecular weight is 936 g/mol. The summed E-state index contributed by atoms with van der Waals surface area (Å²) in [6.45, 7) is 34.0. The van der Waals surface area contributed by atoms with Crippen molar-refractivity contribution in [3.8, 4) is 6.07 Å². The highest BCUT2D eigenvalue weighted by Crippen LogP contribution is 2.47. The minimum absolute atomic E-state index is 0.123. The standard InChI is InChI=1S/C30H52N5O4P.C19H39N2O2P/c1-7-8-11-15-28(34-29(36)26-16-18-27(32-6)19-17-26)30(37)33-21-12-9-10-13-22-38-40(39-23-14-20-31)35(24(2)3)25(4)5;1-8-10-12-19(11-9-2)13-15-22-24(23-16-14-20-7)21(17(3)4)18(5)6/h16-19,24-25,28,32H,7-15,21-23H2,1-6H3,(H,33,37)(H,34,36);17-19H,8-16H2,1-6H3. The summed E-state index contributed by atoms with van der Waals surface area (Å²) in [5.74, 6) is 0.410. The van der Waals surface area contributed by atoms with Crippen LogP contribution in [0.15, 0.2) is 24.3 Å². The van der Waals surface area contributed by atoms with Gasteiger partial charge < -0.3 is 38.9 Å². The molecule has 15 heteroatoms. The Kier molecular flexibility index (Phi) is 38.2. The van der Waals surface area contributed by atoms with Crippen LogP contribution in [0.4, 0.5) is 5.69 Å². The van der Waals surface area contributed by atoms with Gasteiger partial charge in [-0.15, -0.1) is 0 Å².